The molecule has 0 spiro atoms. The molecule has 1 atom stereocenters. The zero-order chi connectivity index (χ0) is 11.9. The highest BCUT2D eigenvalue weighted by Gasteiger charge is 2.31. The molecule has 0 bridgehead atoms. The highest BCUT2D eigenvalue weighted by Crippen LogP contribution is 2.31. The Hall–Kier alpha value is -0.120. The molecule has 1 fully saturated rings. The lowest BCUT2D eigenvalue weighted by molar-refractivity contribution is -0.0558. The van der Waals surface area contributed by atoms with E-state index in [1.165, 1.54) is 0 Å². The molecule has 3 nitrogen and oxygen atoms in total. The first-order chi connectivity index (χ1) is 7.68. The Morgan fingerprint density at radius 1 is 1.38 bits per heavy atom. The Balaban J connectivity index is 2.13. The molecule has 0 aromatic rings. The lowest BCUT2D eigenvalue weighted by Gasteiger charge is -2.35. The van der Waals surface area contributed by atoms with Crippen molar-refractivity contribution < 1.29 is 14.6 Å². The molecule has 1 heterocycles. The van der Waals surface area contributed by atoms with E-state index < -0.39 is 0 Å². The van der Waals surface area contributed by atoms with Gasteiger partial charge < -0.3 is 14.6 Å². The second-order valence-electron chi connectivity index (χ2n) is 5.36. The van der Waals surface area contributed by atoms with Crippen molar-refractivity contribution in [2.45, 2.75) is 39.5 Å². The maximum absolute atomic E-state index is 9.45. The average molecular weight is 230 g/mol. The number of aliphatic hydroxyl groups excluding tert-OH is 1. The van der Waals surface area contributed by atoms with Crippen LogP contribution >= 0.6 is 0 Å². The number of hydrogen-bond acceptors (Lipinski definition) is 3. The zero-order valence-electron chi connectivity index (χ0n) is 10.7. The fraction of sp³-hybridized carbons (Fsp3) is 1.00. The van der Waals surface area contributed by atoms with Crippen LogP contribution in [0.25, 0.3) is 0 Å². The van der Waals surface area contributed by atoms with E-state index in [1.807, 2.05) is 0 Å². The van der Waals surface area contributed by atoms with Crippen LogP contribution in [0.2, 0.25) is 0 Å². The number of ether oxygens (including phenoxy) is 2. The molecule has 1 rings (SSSR count). The molecule has 0 amide bonds. The predicted octanol–water partition coefficient (Wildman–Crippen LogP) is 2.23. The van der Waals surface area contributed by atoms with Gasteiger partial charge in [0, 0.05) is 25.2 Å². The van der Waals surface area contributed by atoms with Crippen molar-refractivity contribution in [3.8, 4) is 0 Å². The van der Waals surface area contributed by atoms with Crippen molar-refractivity contribution in [3.63, 3.8) is 0 Å². The van der Waals surface area contributed by atoms with Gasteiger partial charge in [0.2, 0.25) is 0 Å². The van der Waals surface area contributed by atoms with E-state index in [1.54, 1.807) is 0 Å². The Bertz CT molecular complexity index is 174. The molecule has 96 valence electrons. The summed E-state index contributed by atoms with van der Waals surface area (Å²) >= 11 is 0. The van der Waals surface area contributed by atoms with E-state index in [0.29, 0.717) is 12.5 Å². The second kappa shape index (κ2) is 7.25. The third-order valence-corrected chi connectivity index (χ3v) is 3.36. The van der Waals surface area contributed by atoms with Gasteiger partial charge in [-0.1, -0.05) is 13.8 Å². The Morgan fingerprint density at radius 2 is 2.19 bits per heavy atom. The Kier molecular flexibility index (Phi) is 6.32. The van der Waals surface area contributed by atoms with E-state index in [2.05, 4.69) is 13.8 Å². The topological polar surface area (TPSA) is 38.7 Å². The van der Waals surface area contributed by atoms with Gasteiger partial charge in [-0.2, -0.15) is 0 Å². The summed E-state index contributed by atoms with van der Waals surface area (Å²) in [5.74, 6) is 0.699. The summed E-state index contributed by atoms with van der Waals surface area (Å²) in [5, 5.41) is 9.45. The van der Waals surface area contributed by atoms with E-state index in [9.17, 15) is 5.11 Å². The van der Waals surface area contributed by atoms with Gasteiger partial charge in [0.25, 0.3) is 0 Å². The second-order valence-corrected chi connectivity index (χ2v) is 5.36. The molecule has 1 aliphatic rings. The largest absolute Gasteiger partial charge is 0.396 e. The molecule has 0 aliphatic carbocycles. The zero-order valence-corrected chi connectivity index (χ0v) is 10.7. The summed E-state index contributed by atoms with van der Waals surface area (Å²) in [4.78, 5) is 0. The lowest BCUT2D eigenvalue weighted by Crippen LogP contribution is -2.36. The molecule has 0 radical (unpaired) electrons. The minimum atomic E-state index is -0.0317. The average Bonchev–Trinajstić information content (AvgIpc) is 2.29. The first-order valence-corrected chi connectivity index (χ1v) is 6.45. The van der Waals surface area contributed by atoms with Gasteiger partial charge in [-0.15, -0.1) is 0 Å². The lowest BCUT2D eigenvalue weighted by atomic mass is 9.80. The van der Waals surface area contributed by atoms with E-state index >= 15 is 0 Å². The summed E-state index contributed by atoms with van der Waals surface area (Å²) in [6.45, 7) is 7.74. The molecule has 3 heteroatoms. The maximum atomic E-state index is 9.45. The first-order valence-electron chi connectivity index (χ1n) is 6.45. The van der Waals surface area contributed by atoms with Gasteiger partial charge in [-0.25, -0.2) is 0 Å². The van der Waals surface area contributed by atoms with Crippen LogP contribution in [0.5, 0.6) is 0 Å². The molecule has 0 aromatic carbocycles. The molecule has 1 N–H and O–H groups in total. The molecule has 0 saturated carbocycles. The highest BCUT2D eigenvalue weighted by atomic mass is 16.5. The minimum absolute atomic E-state index is 0.0317. The molecular weight excluding hydrogens is 204 g/mol. The monoisotopic (exact) mass is 230 g/mol. The standard InChI is InChI=1S/C13H26O3/c1-12(2)4-8-15-9-6-13(10-14)5-3-7-16-11-13/h12,14H,3-11H2,1-2H3. The van der Waals surface area contributed by atoms with Crippen LogP contribution in [0, 0.1) is 11.3 Å². The normalized spacial score (nSPS) is 26.2. The van der Waals surface area contributed by atoms with E-state index in [0.717, 1.165) is 45.5 Å². The molecule has 16 heavy (non-hydrogen) atoms. The Morgan fingerprint density at radius 3 is 2.75 bits per heavy atom. The van der Waals surface area contributed by atoms with Crippen LogP contribution in [0.15, 0.2) is 0 Å². The van der Waals surface area contributed by atoms with E-state index in [-0.39, 0.29) is 12.0 Å². The van der Waals surface area contributed by atoms with Crippen molar-refractivity contribution in [2.24, 2.45) is 11.3 Å². The molecular formula is C13H26O3. The molecule has 0 aromatic heterocycles. The number of aliphatic hydroxyl groups is 1. The van der Waals surface area contributed by atoms with Gasteiger partial charge in [0.05, 0.1) is 13.2 Å². The summed E-state index contributed by atoms with van der Waals surface area (Å²) in [5.41, 5.74) is -0.0317. The van der Waals surface area contributed by atoms with Crippen LogP contribution in [0.3, 0.4) is 0 Å². The van der Waals surface area contributed by atoms with Gasteiger partial charge in [0.15, 0.2) is 0 Å². The predicted molar refractivity (Wildman–Crippen MR) is 64.5 cm³/mol. The van der Waals surface area contributed by atoms with Gasteiger partial charge >= 0.3 is 0 Å². The first kappa shape index (κ1) is 13.9. The van der Waals surface area contributed by atoms with Crippen molar-refractivity contribution in [2.75, 3.05) is 33.0 Å². The molecule has 1 unspecified atom stereocenters. The minimum Gasteiger partial charge on any atom is -0.396 e. The number of rotatable bonds is 7. The highest BCUT2D eigenvalue weighted by molar-refractivity contribution is 4.80. The summed E-state index contributed by atoms with van der Waals surface area (Å²) in [7, 11) is 0. The van der Waals surface area contributed by atoms with Crippen LogP contribution in [0.4, 0.5) is 0 Å². The van der Waals surface area contributed by atoms with Gasteiger partial charge in [-0.05, 0) is 31.6 Å². The van der Waals surface area contributed by atoms with Crippen molar-refractivity contribution in [3.05, 3.63) is 0 Å². The Labute approximate surface area is 99.1 Å². The number of hydrogen-bond donors (Lipinski definition) is 1. The van der Waals surface area contributed by atoms with Crippen LogP contribution in [-0.2, 0) is 9.47 Å². The van der Waals surface area contributed by atoms with Crippen molar-refractivity contribution in [1.82, 2.24) is 0 Å². The fourth-order valence-corrected chi connectivity index (χ4v) is 2.02. The molecule has 1 aliphatic heterocycles. The summed E-state index contributed by atoms with van der Waals surface area (Å²) in [6, 6.07) is 0. The summed E-state index contributed by atoms with van der Waals surface area (Å²) in [6.07, 6.45) is 4.16. The van der Waals surface area contributed by atoms with Gasteiger partial charge in [-0.3, -0.25) is 0 Å². The fourth-order valence-electron chi connectivity index (χ4n) is 2.02. The van der Waals surface area contributed by atoms with Crippen molar-refractivity contribution >= 4 is 0 Å². The summed E-state index contributed by atoms with van der Waals surface area (Å²) < 4.78 is 11.1. The third-order valence-electron chi connectivity index (χ3n) is 3.36. The van der Waals surface area contributed by atoms with Crippen LogP contribution < -0.4 is 0 Å². The SMILES string of the molecule is CC(C)CCOCCC1(CO)CCCOC1. The smallest absolute Gasteiger partial charge is 0.0545 e. The van der Waals surface area contributed by atoms with Crippen molar-refractivity contribution in [1.29, 1.82) is 0 Å². The van der Waals surface area contributed by atoms with Crippen LogP contribution in [0.1, 0.15) is 39.5 Å². The van der Waals surface area contributed by atoms with Crippen LogP contribution in [-0.4, -0.2) is 38.1 Å². The van der Waals surface area contributed by atoms with E-state index in [4.69, 9.17) is 9.47 Å². The third kappa shape index (κ3) is 4.81. The maximum Gasteiger partial charge on any atom is 0.0545 e. The van der Waals surface area contributed by atoms with Gasteiger partial charge in [0.1, 0.15) is 0 Å². The quantitative estimate of drug-likeness (QED) is 0.682. The molecule has 1 saturated heterocycles.